The van der Waals surface area contributed by atoms with Crippen molar-refractivity contribution in [3.05, 3.63) is 60.4 Å². The number of piperazine rings is 1. The third-order valence-corrected chi connectivity index (χ3v) is 6.06. The number of allylic oxidation sites excluding steroid dienone is 1. The molecule has 5 rings (SSSR count). The molecule has 1 aliphatic heterocycles. The first-order chi connectivity index (χ1) is 17.4. The highest BCUT2D eigenvalue weighted by Gasteiger charge is 2.19. The minimum Gasteiger partial charge on any atom is -0.356 e. The van der Waals surface area contributed by atoms with Gasteiger partial charge in [0.05, 0.1) is 6.20 Å². The number of aromatic nitrogens is 5. The molecule has 0 aliphatic carbocycles. The summed E-state index contributed by atoms with van der Waals surface area (Å²) in [4.78, 5) is 35.2. The number of likely N-dealkylation sites (N-methyl/N-ethyl adjacent to an activating group) is 1. The van der Waals surface area contributed by atoms with Crippen molar-refractivity contribution in [1.82, 2.24) is 30.0 Å². The Labute approximate surface area is 208 Å². The van der Waals surface area contributed by atoms with Crippen molar-refractivity contribution in [2.45, 2.75) is 13.8 Å². The fraction of sp³-hybridized carbons (Fsp3) is 0.280. The fourth-order valence-electron chi connectivity index (χ4n) is 3.84. The zero-order chi connectivity index (χ0) is 25.2. The molecule has 11 nitrogen and oxygen atoms in total. The number of benzene rings is 1. The minimum absolute atomic E-state index is 0.179. The molecule has 3 aromatic heterocycles. The third kappa shape index (κ3) is 4.86. The third-order valence-electron chi connectivity index (χ3n) is 6.06. The van der Waals surface area contributed by atoms with Gasteiger partial charge in [-0.25, -0.2) is 19.9 Å². The fourth-order valence-corrected chi connectivity index (χ4v) is 3.84. The lowest BCUT2D eigenvalue weighted by molar-refractivity contribution is 0.101. The molecule has 184 valence electrons. The number of nitrogens with zero attached hydrogens (tertiary/aromatic N) is 7. The monoisotopic (exact) mass is 485 g/mol. The number of hydrogen-bond acceptors (Lipinski definition) is 10. The van der Waals surface area contributed by atoms with Crippen LogP contribution in [0.25, 0.3) is 16.6 Å². The number of hydrogen-bond donors (Lipinski definition) is 2. The zero-order valence-corrected chi connectivity index (χ0v) is 20.4. The molecule has 1 amide bonds. The molecule has 0 spiro atoms. The van der Waals surface area contributed by atoms with E-state index in [2.05, 4.69) is 54.2 Å². The standard InChI is InChI=1S/C25H27N9O2/c1-15(2)21-12-19(32-36-21)24(35)29-17-6-5-16(3)18(11-17)30-23-22-20(27-14-28-23)13-26-25(31-22)34-9-7-33(4)8-10-34/h5-6,11-14H,1,7-10H2,2-4H3,(H,29,35)(H,27,28,30). The lowest BCUT2D eigenvalue weighted by Gasteiger charge is -2.32. The first-order valence-corrected chi connectivity index (χ1v) is 11.6. The van der Waals surface area contributed by atoms with Gasteiger partial charge in [-0.2, -0.15) is 0 Å². The summed E-state index contributed by atoms with van der Waals surface area (Å²) < 4.78 is 5.15. The van der Waals surface area contributed by atoms with Crippen LogP contribution in [0.4, 0.5) is 23.1 Å². The Morgan fingerprint density at radius 2 is 1.92 bits per heavy atom. The molecule has 4 heterocycles. The van der Waals surface area contributed by atoms with Crippen LogP contribution >= 0.6 is 0 Å². The number of carbonyl (C=O) groups excluding carboxylic acids is 1. The Morgan fingerprint density at radius 3 is 2.67 bits per heavy atom. The highest BCUT2D eigenvalue weighted by atomic mass is 16.5. The van der Waals surface area contributed by atoms with E-state index in [1.165, 1.54) is 6.33 Å². The molecule has 1 fully saturated rings. The van der Waals surface area contributed by atoms with E-state index in [0.717, 1.165) is 37.4 Å². The largest absolute Gasteiger partial charge is 0.356 e. The Kier molecular flexibility index (Phi) is 6.30. The molecule has 0 bridgehead atoms. The van der Waals surface area contributed by atoms with Crippen LogP contribution in [0.5, 0.6) is 0 Å². The predicted octanol–water partition coefficient (Wildman–Crippen LogP) is 3.50. The van der Waals surface area contributed by atoms with Gasteiger partial charge in [0.1, 0.15) is 17.4 Å². The predicted molar refractivity (Wildman–Crippen MR) is 138 cm³/mol. The van der Waals surface area contributed by atoms with Crippen molar-refractivity contribution < 1.29 is 9.32 Å². The summed E-state index contributed by atoms with van der Waals surface area (Å²) in [5.41, 5.74) is 4.49. The SMILES string of the molecule is C=C(C)c1cc(C(=O)Nc2ccc(C)c(Nc3ncnc4cnc(N5CCN(C)CC5)nc34)c2)no1. The first kappa shape index (κ1) is 23.4. The lowest BCUT2D eigenvalue weighted by Crippen LogP contribution is -2.45. The van der Waals surface area contributed by atoms with E-state index in [9.17, 15) is 4.79 Å². The summed E-state index contributed by atoms with van der Waals surface area (Å²) in [6.07, 6.45) is 3.21. The molecule has 0 unspecified atom stereocenters. The van der Waals surface area contributed by atoms with Gasteiger partial charge in [0.2, 0.25) is 5.95 Å². The number of rotatable bonds is 6. The molecule has 2 N–H and O–H groups in total. The summed E-state index contributed by atoms with van der Waals surface area (Å²) in [7, 11) is 2.11. The van der Waals surface area contributed by atoms with Crippen molar-refractivity contribution in [2.24, 2.45) is 0 Å². The van der Waals surface area contributed by atoms with Crippen molar-refractivity contribution in [2.75, 3.05) is 48.8 Å². The second-order valence-electron chi connectivity index (χ2n) is 8.88. The molecule has 0 saturated carbocycles. The average molecular weight is 486 g/mol. The van der Waals surface area contributed by atoms with Crippen LogP contribution in [0.1, 0.15) is 28.7 Å². The Balaban J connectivity index is 1.39. The van der Waals surface area contributed by atoms with Crippen LogP contribution in [0.3, 0.4) is 0 Å². The van der Waals surface area contributed by atoms with E-state index in [4.69, 9.17) is 9.51 Å². The van der Waals surface area contributed by atoms with Crippen LogP contribution in [-0.2, 0) is 0 Å². The maximum Gasteiger partial charge on any atom is 0.277 e. The number of aryl methyl sites for hydroxylation is 1. The van der Waals surface area contributed by atoms with Gasteiger partial charge in [0.15, 0.2) is 17.3 Å². The quantitative estimate of drug-likeness (QED) is 0.419. The molecule has 0 atom stereocenters. The van der Waals surface area contributed by atoms with Crippen molar-refractivity contribution in [3.63, 3.8) is 0 Å². The van der Waals surface area contributed by atoms with E-state index >= 15 is 0 Å². The van der Waals surface area contributed by atoms with Gasteiger partial charge in [-0.1, -0.05) is 17.8 Å². The minimum atomic E-state index is -0.377. The van der Waals surface area contributed by atoms with Gasteiger partial charge in [-0.05, 0) is 44.2 Å². The molecular weight excluding hydrogens is 458 g/mol. The van der Waals surface area contributed by atoms with E-state index in [-0.39, 0.29) is 11.6 Å². The van der Waals surface area contributed by atoms with Gasteiger partial charge in [0, 0.05) is 43.6 Å². The molecule has 1 saturated heterocycles. The van der Waals surface area contributed by atoms with E-state index < -0.39 is 0 Å². The first-order valence-electron chi connectivity index (χ1n) is 11.6. The summed E-state index contributed by atoms with van der Waals surface area (Å²) in [5, 5.41) is 10.0. The number of anilines is 4. The van der Waals surface area contributed by atoms with Gasteiger partial charge >= 0.3 is 0 Å². The van der Waals surface area contributed by atoms with Crippen molar-refractivity contribution in [3.8, 4) is 0 Å². The summed E-state index contributed by atoms with van der Waals surface area (Å²) in [6.45, 7) is 11.2. The zero-order valence-electron chi connectivity index (χ0n) is 20.4. The normalized spacial score (nSPS) is 14.1. The lowest BCUT2D eigenvalue weighted by atomic mass is 10.1. The molecular formula is C25H27N9O2. The number of fused-ring (bicyclic) bond motifs is 1. The van der Waals surface area contributed by atoms with Crippen LogP contribution in [-0.4, -0.2) is 69.1 Å². The van der Waals surface area contributed by atoms with Crippen molar-refractivity contribution in [1.29, 1.82) is 0 Å². The highest BCUT2D eigenvalue weighted by molar-refractivity contribution is 6.03. The second kappa shape index (κ2) is 9.70. The Morgan fingerprint density at radius 1 is 1.11 bits per heavy atom. The van der Waals surface area contributed by atoms with E-state index in [1.54, 1.807) is 19.2 Å². The molecule has 11 heteroatoms. The molecule has 36 heavy (non-hydrogen) atoms. The van der Waals surface area contributed by atoms with E-state index in [0.29, 0.717) is 39.8 Å². The summed E-state index contributed by atoms with van der Waals surface area (Å²) >= 11 is 0. The van der Waals surface area contributed by atoms with Crippen LogP contribution < -0.4 is 15.5 Å². The number of nitrogens with one attached hydrogen (secondary N) is 2. The molecule has 1 aliphatic rings. The van der Waals surface area contributed by atoms with Crippen LogP contribution in [0.2, 0.25) is 0 Å². The molecule has 1 aromatic carbocycles. The highest BCUT2D eigenvalue weighted by Crippen LogP contribution is 2.27. The van der Waals surface area contributed by atoms with Gasteiger partial charge in [0.25, 0.3) is 5.91 Å². The maximum atomic E-state index is 12.7. The molecule has 0 radical (unpaired) electrons. The van der Waals surface area contributed by atoms with Gasteiger partial charge in [-0.15, -0.1) is 0 Å². The average Bonchev–Trinajstić information content (AvgIpc) is 3.38. The van der Waals surface area contributed by atoms with Gasteiger partial charge < -0.3 is 25.0 Å². The van der Waals surface area contributed by atoms with Crippen molar-refractivity contribution >= 4 is 45.7 Å². The van der Waals surface area contributed by atoms with Gasteiger partial charge in [-0.3, -0.25) is 4.79 Å². The van der Waals surface area contributed by atoms with Crippen LogP contribution in [0, 0.1) is 6.92 Å². The number of carbonyl (C=O) groups is 1. The summed E-state index contributed by atoms with van der Waals surface area (Å²) in [5.74, 6) is 1.32. The Hall–Kier alpha value is -4.38. The molecule has 4 aromatic rings. The smallest absolute Gasteiger partial charge is 0.277 e. The Bertz CT molecular complexity index is 1440. The summed E-state index contributed by atoms with van der Waals surface area (Å²) in [6, 6.07) is 7.14. The maximum absolute atomic E-state index is 12.7. The van der Waals surface area contributed by atoms with Crippen LogP contribution in [0.15, 0.2) is 47.9 Å². The van der Waals surface area contributed by atoms with E-state index in [1.807, 2.05) is 25.1 Å². The number of amides is 1. The second-order valence-corrected chi connectivity index (χ2v) is 8.88. The topological polar surface area (TPSA) is 125 Å².